The Balaban J connectivity index is 0.000000771. The van der Waals surface area contributed by atoms with Crippen LogP contribution in [0.15, 0.2) is 24.3 Å². The average Bonchev–Trinajstić information content (AvgIpc) is 2.49. The summed E-state index contributed by atoms with van der Waals surface area (Å²) >= 11 is 0. The zero-order valence-electron chi connectivity index (χ0n) is 12.1. The predicted octanol–water partition coefficient (Wildman–Crippen LogP) is 4.39. The van der Waals surface area contributed by atoms with E-state index in [0.29, 0.717) is 12.0 Å². The van der Waals surface area contributed by atoms with Crippen molar-refractivity contribution in [1.82, 2.24) is 0 Å². The van der Waals surface area contributed by atoms with E-state index in [-0.39, 0.29) is 0 Å². The van der Waals surface area contributed by atoms with Crippen LogP contribution in [0.4, 0.5) is 0 Å². The van der Waals surface area contributed by atoms with Crippen LogP contribution in [-0.4, -0.2) is 20.3 Å². The molecule has 0 saturated heterocycles. The summed E-state index contributed by atoms with van der Waals surface area (Å²) in [6.07, 6.45) is 5.34. The molecule has 0 amide bonds. The summed E-state index contributed by atoms with van der Waals surface area (Å²) in [5.41, 5.74) is 1.44. The van der Waals surface area contributed by atoms with Crippen LogP contribution >= 0.6 is 0 Å². The van der Waals surface area contributed by atoms with Crippen molar-refractivity contribution < 1.29 is 9.47 Å². The predicted molar refractivity (Wildman–Crippen MR) is 76.3 cm³/mol. The molecule has 1 saturated carbocycles. The van der Waals surface area contributed by atoms with Gasteiger partial charge in [0.2, 0.25) is 0 Å². The zero-order valence-corrected chi connectivity index (χ0v) is 12.1. The maximum atomic E-state index is 5.39. The minimum Gasteiger partial charge on any atom is -0.497 e. The molecule has 0 spiro atoms. The van der Waals surface area contributed by atoms with Crippen molar-refractivity contribution in [2.45, 2.75) is 51.6 Å². The normalized spacial score (nSPS) is 22.9. The van der Waals surface area contributed by atoms with Crippen molar-refractivity contribution in [2.75, 3.05) is 14.2 Å². The van der Waals surface area contributed by atoms with E-state index >= 15 is 0 Å². The third kappa shape index (κ3) is 4.02. The number of hydrogen-bond donors (Lipinski definition) is 0. The first-order valence-corrected chi connectivity index (χ1v) is 7.00. The minimum atomic E-state index is 0.481. The topological polar surface area (TPSA) is 18.5 Å². The summed E-state index contributed by atoms with van der Waals surface area (Å²) in [7, 11) is 3.52. The van der Waals surface area contributed by atoms with Crippen LogP contribution in [0.3, 0.4) is 0 Å². The molecule has 0 N–H and O–H groups in total. The van der Waals surface area contributed by atoms with Gasteiger partial charge in [-0.2, -0.15) is 0 Å². The number of benzene rings is 1. The third-order valence-corrected chi connectivity index (χ3v) is 3.59. The monoisotopic (exact) mass is 250 g/mol. The number of hydrogen-bond acceptors (Lipinski definition) is 2. The van der Waals surface area contributed by atoms with Crippen molar-refractivity contribution in [1.29, 1.82) is 0 Å². The van der Waals surface area contributed by atoms with Gasteiger partial charge in [-0.05, 0) is 49.3 Å². The molecule has 0 aliphatic heterocycles. The first-order valence-electron chi connectivity index (χ1n) is 7.00. The molecule has 102 valence electrons. The second kappa shape index (κ2) is 8.15. The quantitative estimate of drug-likeness (QED) is 0.792. The van der Waals surface area contributed by atoms with Crippen LogP contribution in [0.25, 0.3) is 0 Å². The highest BCUT2D eigenvalue weighted by Crippen LogP contribution is 2.34. The molecular formula is C16H26O2. The average molecular weight is 250 g/mol. The van der Waals surface area contributed by atoms with Crippen molar-refractivity contribution in [3.8, 4) is 5.75 Å². The second-order valence-corrected chi connectivity index (χ2v) is 4.48. The molecule has 1 aliphatic carbocycles. The number of methoxy groups -OCH3 is 2. The Hall–Kier alpha value is -1.02. The van der Waals surface area contributed by atoms with E-state index in [4.69, 9.17) is 9.47 Å². The molecule has 0 unspecified atom stereocenters. The lowest BCUT2D eigenvalue weighted by atomic mass is 9.83. The highest BCUT2D eigenvalue weighted by Gasteiger charge is 2.21. The molecule has 1 aromatic carbocycles. The summed E-state index contributed by atoms with van der Waals surface area (Å²) < 4.78 is 10.6. The summed E-state index contributed by atoms with van der Waals surface area (Å²) in [6.45, 7) is 4.00. The van der Waals surface area contributed by atoms with Crippen molar-refractivity contribution in [3.05, 3.63) is 29.8 Å². The Labute approximate surface area is 111 Å². The van der Waals surface area contributed by atoms with Gasteiger partial charge in [0.1, 0.15) is 5.75 Å². The Bertz CT molecular complexity index is 310. The van der Waals surface area contributed by atoms with Crippen LogP contribution in [0.5, 0.6) is 5.75 Å². The van der Waals surface area contributed by atoms with Gasteiger partial charge in [-0.1, -0.05) is 26.0 Å². The lowest BCUT2D eigenvalue weighted by Gasteiger charge is -2.27. The first-order chi connectivity index (χ1) is 8.83. The molecule has 0 atom stereocenters. The van der Waals surface area contributed by atoms with Crippen LogP contribution in [0.2, 0.25) is 0 Å². The third-order valence-electron chi connectivity index (χ3n) is 3.59. The van der Waals surface area contributed by atoms with Crippen molar-refractivity contribution in [2.24, 2.45) is 0 Å². The molecule has 1 aliphatic rings. The fraction of sp³-hybridized carbons (Fsp3) is 0.625. The van der Waals surface area contributed by atoms with E-state index in [9.17, 15) is 0 Å². The Kier molecular flexibility index (Phi) is 6.81. The van der Waals surface area contributed by atoms with Crippen LogP contribution in [0, 0.1) is 0 Å². The molecule has 18 heavy (non-hydrogen) atoms. The zero-order chi connectivity index (χ0) is 13.4. The summed E-state index contributed by atoms with van der Waals surface area (Å²) in [6, 6.07) is 8.49. The standard InChI is InChI=1S/C14H20O2.C2H6/c1-15-13-7-3-11(4-8-13)12-5-9-14(16-2)10-6-12;1-2/h3-4,7-8,12,14H,5-6,9-10H2,1-2H3;1-2H3. The Morgan fingerprint density at radius 1 is 0.889 bits per heavy atom. The van der Waals surface area contributed by atoms with E-state index < -0.39 is 0 Å². The van der Waals surface area contributed by atoms with Gasteiger partial charge in [0.25, 0.3) is 0 Å². The number of rotatable bonds is 3. The lowest BCUT2D eigenvalue weighted by Crippen LogP contribution is -2.19. The molecule has 1 aromatic rings. The molecule has 0 bridgehead atoms. The van der Waals surface area contributed by atoms with Crippen molar-refractivity contribution >= 4 is 0 Å². The largest absolute Gasteiger partial charge is 0.497 e. The van der Waals surface area contributed by atoms with Gasteiger partial charge in [0, 0.05) is 7.11 Å². The molecule has 2 rings (SSSR count). The second-order valence-electron chi connectivity index (χ2n) is 4.48. The molecule has 0 aromatic heterocycles. The smallest absolute Gasteiger partial charge is 0.118 e. The van der Waals surface area contributed by atoms with Gasteiger partial charge >= 0.3 is 0 Å². The molecule has 0 radical (unpaired) electrons. The Morgan fingerprint density at radius 2 is 1.44 bits per heavy atom. The SMILES string of the molecule is CC.COc1ccc(C2CCC(OC)CC2)cc1. The highest BCUT2D eigenvalue weighted by molar-refractivity contribution is 5.29. The van der Waals surface area contributed by atoms with Crippen LogP contribution in [0.1, 0.15) is 51.0 Å². The van der Waals surface area contributed by atoms with Gasteiger partial charge < -0.3 is 9.47 Å². The Morgan fingerprint density at radius 3 is 1.89 bits per heavy atom. The molecular weight excluding hydrogens is 224 g/mol. The van der Waals surface area contributed by atoms with E-state index in [0.717, 1.165) is 5.75 Å². The fourth-order valence-electron chi connectivity index (χ4n) is 2.51. The van der Waals surface area contributed by atoms with E-state index in [1.807, 2.05) is 21.0 Å². The molecule has 1 fully saturated rings. The van der Waals surface area contributed by atoms with Gasteiger partial charge in [0.05, 0.1) is 13.2 Å². The molecule has 0 heterocycles. The molecule has 2 heteroatoms. The van der Waals surface area contributed by atoms with Crippen LogP contribution in [-0.2, 0) is 4.74 Å². The fourth-order valence-corrected chi connectivity index (χ4v) is 2.51. The van der Waals surface area contributed by atoms with Gasteiger partial charge in [-0.15, -0.1) is 0 Å². The van der Waals surface area contributed by atoms with Gasteiger partial charge in [-0.25, -0.2) is 0 Å². The summed E-state index contributed by atoms with van der Waals surface area (Å²) in [5, 5.41) is 0. The van der Waals surface area contributed by atoms with Crippen molar-refractivity contribution in [3.63, 3.8) is 0 Å². The van der Waals surface area contributed by atoms with Gasteiger partial charge in [-0.3, -0.25) is 0 Å². The maximum absolute atomic E-state index is 5.39. The lowest BCUT2D eigenvalue weighted by molar-refractivity contribution is 0.0658. The number of ether oxygens (including phenoxy) is 2. The molecule has 2 nitrogen and oxygen atoms in total. The van der Waals surface area contributed by atoms with E-state index in [1.54, 1.807) is 7.11 Å². The van der Waals surface area contributed by atoms with E-state index in [2.05, 4.69) is 24.3 Å². The summed E-state index contributed by atoms with van der Waals surface area (Å²) in [5.74, 6) is 1.65. The minimum absolute atomic E-state index is 0.481. The maximum Gasteiger partial charge on any atom is 0.118 e. The van der Waals surface area contributed by atoms with Crippen LogP contribution < -0.4 is 4.74 Å². The van der Waals surface area contributed by atoms with E-state index in [1.165, 1.54) is 31.2 Å². The highest BCUT2D eigenvalue weighted by atomic mass is 16.5. The summed E-state index contributed by atoms with van der Waals surface area (Å²) in [4.78, 5) is 0. The van der Waals surface area contributed by atoms with Gasteiger partial charge in [0.15, 0.2) is 0 Å². The first kappa shape index (κ1) is 15.0.